The standard InChI is InChI=1S/C10H13Br3O/c1-9(4-11)6-2-3-10(9,5-12)8(14)7(6)13/h6-7H,2-5H2,1H3/t6-,7-,9-,10+/m0/s1. The Bertz CT molecular complexity index is 281. The van der Waals surface area contributed by atoms with Crippen molar-refractivity contribution in [3.05, 3.63) is 0 Å². The minimum Gasteiger partial charge on any atom is -0.298 e. The zero-order valence-corrected chi connectivity index (χ0v) is 12.8. The van der Waals surface area contributed by atoms with Crippen LogP contribution in [0, 0.1) is 16.7 Å². The van der Waals surface area contributed by atoms with Crippen molar-refractivity contribution in [2.45, 2.75) is 24.6 Å². The summed E-state index contributed by atoms with van der Waals surface area (Å²) in [6, 6.07) is 0. The van der Waals surface area contributed by atoms with Gasteiger partial charge in [0.25, 0.3) is 0 Å². The van der Waals surface area contributed by atoms with Crippen molar-refractivity contribution in [2.75, 3.05) is 10.7 Å². The summed E-state index contributed by atoms with van der Waals surface area (Å²) < 4.78 is 0. The summed E-state index contributed by atoms with van der Waals surface area (Å²) in [7, 11) is 0. The lowest BCUT2D eigenvalue weighted by molar-refractivity contribution is -0.127. The van der Waals surface area contributed by atoms with E-state index in [4.69, 9.17) is 0 Å². The number of alkyl halides is 3. The predicted octanol–water partition coefficient (Wildman–Crippen LogP) is 3.53. The average Bonchev–Trinajstić information content (AvgIpc) is 2.57. The van der Waals surface area contributed by atoms with Gasteiger partial charge in [-0.2, -0.15) is 0 Å². The first-order valence-corrected chi connectivity index (χ1v) is 8.00. The van der Waals surface area contributed by atoms with Crippen LogP contribution in [0.5, 0.6) is 0 Å². The molecular formula is C10H13Br3O. The van der Waals surface area contributed by atoms with Crippen LogP contribution in [0.3, 0.4) is 0 Å². The maximum atomic E-state index is 12.2. The zero-order valence-electron chi connectivity index (χ0n) is 8.03. The molecule has 4 heteroatoms. The fraction of sp³-hybridized carbons (Fsp3) is 0.900. The van der Waals surface area contributed by atoms with Crippen molar-refractivity contribution >= 4 is 53.6 Å². The fourth-order valence-corrected chi connectivity index (χ4v) is 6.63. The molecule has 0 unspecified atom stereocenters. The lowest BCUT2D eigenvalue weighted by atomic mass is 9.70. The van der Waals surface area contributed by atoms with Gasteiger partial charge in [0.2, 0.25) is 0 Å². The normalized spacial score (nSPS) is 51.6. The van der Waals surface area contributed by atoms with Crippen molar-refractivity contribution in [1.29, 1.82) is 0 Å². The van der Waals surface area contributed by atoms with Crippen LogP contribution in [-0.4, -0.2) is 21.3 Å². The Morgan fingerprint density at radius 3 is 2.50 bits per heavy atom. The van der Waals surface area contributed by atoms with Crippen molar-refractivity contribution in [3.63, 3.8) is 0 Å². The SMILES string of the molecule is C[C@]1(CBr)[C@H]2CC[C@@]1(CBr)C(=O)[C@H]2Br. The van der Waals surface area contributed by atoms with E-state index in [9.17, 15) is 4.79 Å². The second-order valence-corrected chi connectivity index (χ2v) is 6.79. The average molecular weight is 389 g/mol. The Morgan fingerprint density at radius 1 is 1.43 bits per heavy atom. The van der Waals surface area contributed by atoms with E-state index in [0.29, 0.717) is 11.7 Å². The highest BCUT2D eigenvalue weighted by Gasteiger charge is 2.68. The van der Waals surface area contributed by atoms with Gasteiger partial charge in [0.15, 0.2) is 5.78 Å². The molecule has 80 valence electrons. The minimum absolute atomic E-state index is 0.0800. The van der Waals surface area contributed by atoms with Crippen molar-refractivity contribution in [1.82, 2.24) is 0 Å². The summed E-state index contributed by atoms with van der Waals surface area (Å²) in [5, 5.41) is 1.73. The van der Waals surface area contributed by atoms with E-state index in [0.717, 1.165) is 17.1 Å². The van der Waals surface area contributed by atoms with Crippen LogP contribution in [0.2, 0.25) is 0 Å². The monoisotopic (exact) mass is 386 g/mol. The number of fused-ring (bicyclic) bond motifs is 2. The number of halogens is 3. The van der Waals surface area contributed by atoms with Crippen LogP contribution >= 0.6 is 47.8 Å². The predicted molar refractivity (Wildman–Crippen MR) is 68.6 cm³/mol. The van der Waals surface area contributed by atoms with Crippen molar-refractivity contribution in [3.8, 4) is 0 Å². The lowest BCUT2D eigenvalue weighted by Crippen LogP contribution is -2.41. The Kier molecular flexibility index (Phi) is 2.95. The van der Waals surface area contributed by atoms with E-state index >= 15 is 0 Å². The molecule has 0 heterocycles. The Labute approximate surface area is 110 Å². The van der Waals surface area contributed by atoms with E-state index < -0.39 is 0 Å². The third kappa shape index (κ3) is 1.08. The summed E-state index contributed by atoms with van der Waals surface area (Å²) in [6.45, 7) is 2.25. The van der Waals surface area contributed by atoms with Gasteiger partial charge in [-0.1, -0.05) is 54.7 Å². The third-order valence-corrected chi connectivity index (χ3v) is 7.55. The second kappa shape index (κ2) is 3.56. The molecule has 0 aromatic rings. The first kappa shape index (κ1) is 11.6. The Hall–Kier alpha value is 1.11. The molecule has 0 spiro atoms. The minimum atomic E-state index is -0.130. The largest absolute Gasteiger partial charge is 0.298 e. The van der Waals surface area contributed by atoms with Gasteiger partial charge in [-0.3, -0.25) is 4.79 Å². The number of hydrogen-bond acceptors (Lipinski definition) is 1. The number of hydrogen-bond donors (Lipinski definition) is 0. The lowest BCUT2D eigenvalue weighted by Gasteiger charge is -2.36. The van der Waals surface area contributed by atoms with Crippen LogP contribution in [0.25, 0.3) is 0 Å². The molecule has 0 aromatic heterocycles. The van der Waals surface area contributed by atoms with Crippen LogP contribution in [0.15, 0.2) is 0 Å². The third-order valence-electron chi connectivity index (χ3n) is 4.37. The fourth-order valence-electron chi connectivity index (χ4n) is 3.19. The first-order chi connectivity index (χ1) is 6.53. The van der Waals surface area contributed by atoms with Gasteiger partial charge in [0.1, 0.15) is 0 Å². The molecule has 0 radical (unpaired) electrons. The molecule has 2 bridgehead atoms. The summed E-state index contributed by atoms with van der Waals surface area (Å²) in [4.78, 5) is 12.3. The molecule has 2 fully saturated rings. The molecule has 0 N–H and O–H groups in total. The summed E-state index contributed by atoms with van der Waals surface area (Å²) in [5.41, 5.74) is -0.00289. The summed E-state index contributed by atoms with van der Waals surface area (Å²) >= 11 is 10.7. The van der Waals surface area contributed by atoms with E-state index in [1.807, 2.05) is 0 Å². The molecule has 0 amide bonds. The van der Waals surface area contributed by atoms with Crippen LogP contribution < -0.4 is 0 Å². The number of Topliss-reactive ketones (excluding diaryl/α,β-unsaturated/α-hetero) is 1. The molecule has 14 heavy (non-hydrogen) atoms. The highest BCUT2D eigenvalue weighted by molar-refractivity contribution is 9.10. The molecule has 1 nitrogen and oxygen atoms in total. The number of rotatable bonds is 2. The molecule has 2 rings (SSSR count). The maximum absolute atomic E-state index is 12.2. The highest BCUT2D eigenvalue weighted by atomic mass is 79.9. The molecule has 2 aliphatic carbocycles. The first-order valence-electron chi connectivity index (χ1n) is 4.84. The van der Waals surface area contributed by atoms with Gasteiger partial charge in [-0.25, -0.2) is 0 Å². The van der Waals surface area contributed by atoms with Crippen molar-refractivity contribution < 1.29 is 4.79 Å². The number of ketones is 1. The number of carbonyl (C=O) groups excluding carboxylic acids is 1. The van der Waals surface area contributed by atoms with Gasteiger partial charge in [-0.05, 0) is 24.2 Å². The zero-order chi connectivity index (χ0) is 10.6. The van der Waals surface area contributed by atoms with E-state index in [2.05, 4.69) is 54.7 Å². The van der Waals surface area contributed by atoms with Crippen LogP contribution in [0.1, 0.15) is 19.8 Å². The molecule has 0 saturated heterocycles. The summed E-state index contributed by atoms with van der Waals surface area (Å²) in [5.74, 6) is 0.916. The molecular weight excluding hydrogens is 376 g/mol. The molecule has 2 aliphatic rings. The number of carbonyl (C=O) groups is 1. The highest BCUT2D eigenvalue weighted by Crippen LogP contribution is 2.66. The van der Waals surface area contributed by atoms with Gasteiger partial charge >= 0.3 is 0 Å². The van der Waals surface area contributed by atoms with Gasteiger partial charge in [-0.15, -0.1) is 0 Å². The van der Waals surface area contributed by atoms with Crippen LogP contribution in [-0.2, 0) is 4.79 Å². The van der Waals surface area contributed by atoms with E-state index in [-0.39, 0.29) is 15.7 Å². The molecule has 4 atom stereocenters. The van der Waals surface area contributed by atoms with E-state index in [1.54, 1.807) is 0 Å². The Balaban J connectivity index is 2.50. The maximum Gasteiger partial charge on any atom is 0.154 e. The molecule has 0 aliphatic heterocycles. The smallest absolute Gasteiger partial charge is 0.154 e. The van der Waals surface area contributed by atoms with Crippen molar-refractivity contribution in [2.24, 2.45) is 16.7 Å². The molecule has 0 aromatic carbocycles. The second-order valence-electron chi connectivity index (χ2n) is 4.68. The van der Waals surface area contributed by atoms with Gasteiger partial charge < -0.3 is 0 Å². The topological polar surface area (TPSA) is 17.1 Å². The quantitative estimate of drug-likeness (QED) is 0.661. The summed E-state index contributed by atoms with van der Waals surface area (Å²) in [6.07, 6.45) is 2.22. The Morgan fingerprint density at radius 2 is 2.07 bits per heavy atom. The van der Waals surface area contributed by atoms with Crippen LogP contribution in [0.4, 0.5) is 0 Å². The van der Waals surface area contributed by atoms with E-state index in [1.165, 1.54) is 6.42 Å². The van der Waals surface area contributed by atoms with Gasteiger partial charge in [0.05, 0.1) is 4.83 Å². The molecule has 2 saturated carbocycles. The van der Waals surface area contributed by atoms with Gasteiger partial charge in [0, 0.05) is 16.1 Å².